The monoisotopic (exact) mass is 430 g/mol. The van der Waals surface area contributed by atoms with E-state index >= 15 is 0 Å². The predicted molar refractivity (Wildman–Crippen MR) is 110 cm³/mol. The minimum atomic E-state index is -0.187. The highest BCUT2D eigenvalue weighted by molar-refractivity contribution is 8.26. The molecule has 2 aromatic heterocycles. The molecule has 3 aromatic rings. The molecule has 0 bridgehead atoms. The molecule has 6 nitrogen and oxygen atoms in total. The van der Waals surface area contributed by atoms with E-state index in [-0.39, 0.29) is 12.7 Å². The van der Waals surface area contributed by atoms with Gasteiger partial charge in [-0.1, -0.05) is 35.6 Å². The number of pyridine rings is 1. The summed E-state index contributed by atoms with van der Waals surface area (Å²) in [5.41, 5.74) is 1.32. The third-order valence-electron chi connectivity index (χ3n) is 4.34. The number of hydrogen-bond acceptors (Lipinski definition) is 7. The summed E-state index contributed by atoms with van der Waals surface area (Å²) in [4.78, 5) is 19.2. The Hall–Kier alpha value is -2.55. The van der Waals surface area contributed by atoms with Gasteiger partial charge in [-0.25, -0.2) is 4.98 Å². The summed E-state index contributed by atoms with van der Waals surface area (Å²) >= 11 is 12.9. The summed E-state index contributed by atoms with van der Waals surface area (Å²) in [6.07, 6.45) is 3.27. The number of carbonyl (C=O) groups excluding carboxylic acids is 1. The standard InChI is InChI=1S/C19H11ClN2O4S2/c20-17-11(4-10-5-14-15(26-9-25-14)7-13(10)21-17)6-16-18(23)22(19(27)28-16)8-12-2-1-3-24-12/h1-7H,8-9H2/b16-6-. The molecule has 0 aliphatic carbocycles. The number of ether oxygens (including phenoxy) is 2. The smallest absolute Gasteiger partial charge is 0.266 e. The first kappa shape index (κ1) is 17.5. The molecule has 2 aliphatic rings. The van der Waals surface area contributed by atoms with Gasteiger partial charge in [0.2, 0.25) is 6.79 Å². The molecule has 0 spiro atoms. The van der Waals surface area contributed by atoms with Gasteiger partial charge < -0.3 is 13.9 Å². The molecule has 28 heavy (non-hydrogen) atoms. The van der Waals surface area contributed by atoms with E-state index in [2.05, 4.69) is 4.98 Å². The van der Waals surface area contributed by atoms with Crippen molar-refractivity contribution in [2.45, 2.75) is 6.54 Å². The van der Waals surface area contributed by atoms with Gasteiger partial charge in [-0.15, -0.1) is 0 Å². The Kier molecular flexibility index (Phi) is 4.26. The first-order valence-electron chi connectivity index (χ1n) is 8.26. The molecule has 1 aromatic carbocycles. The van der Waals surface area contributed by atoms with Gasteiger partial charge in [0.1, 0.15) is 15.2 Å². The molecule has 1 fully saturated rings. The molecule has 0 atom stereocenters. The largest absolute Gasteiger partial charge is 0.467 e. The molecule has 0 saturated carbocycles. The zero-order chi connectivity index (χ0) is 19.3. The number of carbonyl (C=O) groups is 1. The number of furan rings is 1. The van der Waals surface area contributed by atoms with Gasteiger partial charge in [0.25, 0.3) is 5.91 Å². The van der Waals surface area contributed by atoms with E-state index in [0.717, 1.165) is 5.39 Å². The molecule has 1 saturated heterocycles. The van der Waals surface area contributed by atoms with E-state index in [0.29, 0.717) is 49.3 Å². The third-order valence-corrected chi connectivity index (χ3v) is 6.02. The van der Waals surface area contributed by atoms with Crippen LogP contribution in [0.1, 0.15) is 11.3 Å². The summed E-state index contributed by atoms with van der Waals surface area (Å²) in [6, 6.07) is 9.08. The minimum Gasteiger partial charge on any atom is -0.467 e. The van der Waals surface area contributed by atoms with E-state index < -0.39 is 0 Å². The van der Waals surface area contributed by atoms with Crippen LogP contribution in [0, 0.1) is 0 Å². The highest BCUT2D eigenvalue weighted by atomic mass is 35.5. The number of halogens is 1. The molecule has 2 aliphatic heterocycles. The quantitative estimate of drug-likeness (QED) is 0.341. The molecule has 9 heteroatoms. The molecular formula is C19H11ClN2O4S2. The van der Waals surface area contributed by atoms with Crippen LogP contribution in [0.3, 0.4) is 0 Å². The lowest BCUT2D eigenvalue weighted by Gasteiger charge is -2.12. The lowest BCUT2D eigenvalue weighted by molar-refractivity contribution is -0.122. The normalized spacial score (nSPS) is 17.3. The maximum absolute atomic E-state index is 12.8. The molecule has 1 amide bonds. The first-order valence-corrected chi connectivity index (χ1v) is 9.86. The van der Waals surface area contributed by atoms with Gasteiger partial charge >= 0.3 is 0 Å². The fraction of sp³-hybridized carbons (Fsp3) is 0.105. The van der Waals surface area contributed by atoms with Crippen molar-refractivity contribution in [2.24, 2.45) is 0 Å². The average Bonchev–Trinajstić information content (AvgIpc) is 3.39. The van der Waals surface area contributed by atoms with E-state index in [9.17, 15) is 4.79 Å². The van der Waals surface area contributed by atoms with E-state index in [1.54, 1.807) is 30.5 Å². The zero-order valence-corrected chi connectivity index (χ0v) is 16.6. The van der Waals surface area contributed by atoms with Crippen molar-refractivity contribution < 1.29 is 18.7 Å². The lowest BCUT2D eigenvalue weighted by Crippen LogP contribution is -2.27. The van der Waals surface area contributed by atoms with E-state index in [1.807, 2.05) is 12.1 Å². The van der Waals surface area contributed by atoms with Crippen molar-refractivity contribution in [3.63, 3.8) is 0 Å². The van der Waals surface area contributed by atoms with Crippen LogP contribution in [0.15, 0.2) is 45.9 Å². The van der Waals surface area contributed by atoms with Crippen LogP contribution in [0.4, 0.5) is 0 Å². The Bertz CT molecular complexity index is 1160. The molecule has 140 valence electrons. The maximum Gasteiger partial charge on any atom is 0.266 e. The second-order valence-electron chi connectivity index (χ2n) is 6.11. The number of thioether (sulfide) groups is 1. The molecular weight excluding hydrogens is 420 g/mol. The van der Waals surface area contributed by atoms with Gasteiger partial charge in [-0.2, -0.15) is 0 Å². The van der Waals surface area contributed by atoms with Crippen molar-refractivity contribution in [1.29, 1.82) is 0 Å². The highest BCUT2D eigenvalue weighted by Crippen LogP contribution is 2.38. The SMILES string of the molecule is O=C1/C(=C/c2cc3cc4c(cc3nc2Cl)OCO4)SC(=S)N1Cc1ccco1. The second-order valence-corrected chi connectivity index (χ2v) is 8.15. The number of rotatable bonds is 3. The topological polar surface area (TPSA) is 64.8 Å². The molecule has 4 heterocycles. The number of hydrogen-bond donors (Lipinski definition) is 0. The maximum atomic E-state index is 12.8. The summed E-state index contributed by atoms with van der Waals surface area (Å²) in [7, 11) is 0. The molecule has 0 unspecified atom stereocenters. The number of fused-ring (bicyclic) bond motifs is 2. The van der Waals surface area contributed by atoms with Gasteiger partial charge in [0.05, 0.1) is 23.2 Å². The van der Waals surface area contributed by atoms with Crippen LogP contribution in [-0.4, -0.2) is 26.9 Å². The highest BCUT2D eigenvalue weighted by Gasteiger charge is 2.32. The Morgan fingerprint density at radius 2 is 2.11 bits per heavy atom. The number of aromatic nitrogens is 1. The Labute approximate surface area is 174 Å². The fourth-order valence-corrected chi connectivity index (χ4v) is 4.44. The average molecular weight is 431 g/mol. The molecule has 0 radical (unpaired) electrons. The summed E-state index contributed by atoms with van der Waals surface area (Å²) in [5, 5.41) is 1.13. The van der Waals surface area contributed by atoms with Gasteiger partial charge in [-0.3, -0.25) is 9.69 Å². The summed E-state index contributed by atoms with van der Waals surface area (Å²) in [6.45, 7) is 0.479. The Morgan fingerprint density at radius 3 is 2.89 bits per heavy atom. The van der Waals surface area contributed by atoms with E-state index in [1.165, 1.54) is 16.7 Å². The predicted octanol–water partition coefficient (Wildman–Crippen LogP) is 4.61. The Balaban J connectivity index is 1.49. The third kappa shape index (κ3) is 3.03. The first-order chi connectivity index (χ1) is 13.6. The number of amides is 1. The lowest BCUT2D eigenvalue weighted by atomic mass is 10.1. The van der Waals surface area contributed by atoms with Crippen LogP contribution in [-0.2, 0) is 11.3 Å². The fourth-order valence-electron chi connectivity index (χ4n) is 2.99. The van der Waals surface area contributed by atoms with Crippen molar-refractivity contribution >= 4 is 62.8 Å². The number of thiocarbonyl (C=S) groups is 1. The molecule has 5 rings (SSSR count). The van der Waals surface area contributed by atoms with Crippen molar-refractivity contribution in [2.75, 3.05) is 6.79 Å². The van der Waals surface area contributed by atoms with Gasteiger partial charge in [0.15, 0.2) is 11.5 Å². The van der Waals surface area contributed by atoms with Crippen LogP contribution in [0.5, 0.6) is 11.5 Å². The Morgan fingerprint density at radius 1 is 1.29 bits per heavy atom. The summed E-state index contributed by atoms with van der Waals surface area (Å²) < 4.78 is 16.6. The van der Waals surface area contributed by atoms with Gasteiger partial charge in [-0.05, 0) is 30.3 Å². The number of nitrogens with zero attached hydrogens (tertiary/aromatic N) is 2. The zero-order valence-electron chi connectivity index (χ0n) is 14.2. The van der Waals surface area contributed by atoms with Gasteiger partial charge in [0, 0.05) is 17.0 Å². The van der Waals surface area contributed by atoms with Crippen LogP contribution < -0.4 is 9.47 Å². The van der Waals surface area contributed by atoms with Crippen molar-refractivity contribution in [3.8, 4) is 11.5 Å². The molecule has 0 N–H and O–H groups in total. The van der Waals surface area contributed by atoms with Crippen LogP contribution in [0.25, 0.3) is 17.0 Å². The minimum absolute atomic E-state index is 0.185. The second kappa shape index (κ2) is 6.80. The van der Waals surface area contributed by atoms with E-state index in [4.69, 9.17) is 37.7 Å². The van der Waals surface area contributed by atoms with Crippen molar-refractivity contribution in [1.82, 2.24) is 9.88 Å². The number of benzene rings is 1. The summed E-state index contributed by atoms with van der Waals surface area (Å²) in [5.74, 6) is 1.78. The van der Waals surface area contributed by atoms with Crippen LogP contribution >= 0.6 is 35.6 Å². The van der Waals surface area contributed by atoms with Crippen LogP contribution in [0.2, 0.25) is 5.15 Å². The van der Waals surface area contributed by atoms with Crippen molar-refractivity contribution in [3.05, 3.63) is 58.0 Å².